The lowest BCUT2D eigenvalue weighted by Crippen LogP contribution is -2.48. The monoisotopic (exact) mass is 491 g/mol. The summed E-state index contributed by atoms with van der Waals surface area (Å²) in [4.78, 5) is 20.6. The van der Waals surface area contributed by atoms with Crippen LogP contribution in [0.15, 0.2) is 42.7 Å². The minimum absolute atomic E-state index is 0.199. The van der Waals surface area contributed by atoms with Gasteiger partial charge < -0.3 is 14.7 Å². The van der Waals surface area contributed by atoms with Gasteiger partial charge in [0, 0.05) is 38.1 Å². The molecule has 0 radical (unpaired) electrons. The SMILES string of the molecule is O=C(O)C(Cc1ccncc1)N1CCC(CN2CCC(Oc3ccc(Cl)c(Cl)c3)CC2)CC1. The van der Waals surface area contributed by atoms with Crippen LogP contribution >= 0.6 is 23.2 Å². The van der Waals surface area contributed by atoms with Crippen LogP contribution in [0.25, 0.3) is 0 Å². The largest absolute Gasteiger partial charge is 0.490 e. The van der Waals surface area contributed by atoms with Crippen molar-refractivity contribution < 1.29 is 14.6 Å². The van der Waals surface area contributed by atoms with Gasteiger partial charge >= 0.3 is 5.97 Å². The fraction of sp³-hybridized carbons (Fsp3) is 0.520. The molecule has 1 unspecified atom stereocenters. The zero-order valence-electron chi connectivity index (χ0n) is 18.7. The Morgan fingerprint density at radius 3 is 2.36 bits per heavy atom. The summed E-state index contributed by atoms with van der Waals surface area (Å²) in [5, 5.41) is 10.8. The lowest BCUT2D eigenvalue weighted by atomic mass is 9.93. The maximum Gasteiger partial charge on any atom is 0.321 e. The fourth-order valence-corrected chi connectivity index (χ4v) is 5.17. The molecule has 0 bridgehead atoms. The highest BCUT2D eigenvalue weighted by molar-refractivity contribution is 6.42. The van der Waals surface area contributed by atoms with Crippen molar-refractivity contribution in [2.75, 3.05) is 32.7 Å². The highest BCUT2D eigenvalue weighted by Gasteiger charge is 2.31. The van der Waals surface area contributed by atoms with E-state index < -0.39 is 12.0 Å². The number of nitrogens with zero attached hydrogens (tertiary/aromatic N) is 3. The summed E-state index contributed by atoms with van der Waals surface area (Å²) < 4.78 is 6.11. The van der Waals surface area contributed by atoms with E-state index in [9.17, 15) is 9.90 Å². The van der Waals surface area contributed by atoms with Crippen molar-refractivity contribution >= 4 is 29.2 Å². The van der Waals surface area contributed by atoms with Crippen molar-refractivity contribution in [1.82, 2.24) is 14.8 Å². The Morgan fingerprint density at radius 2 is 1.73 bits per heavy atom. The maximum atomic E-state index is 11.9. The van der Waals surface area contributed by atoms with Gasteiger partial charge in [0.05, 0.1) is 10.0 Å². The second-order valence-corrected chi connectivity index (χ2v) is 9.90. The topological polar surface area (TPSA) is 65.9 Å². The second kappa shape index (κ2) is 11.5. The molecule has 1 N–H and O–H groups in total. The number of rotatable bonds is 8. The van der Waals surface area contributed by atoms with Crippen LogP contribution in [-0.4, -0.2) is 70.7 Å². The van der Waals surface area contributed by atoms with Gasteiger partial charge in [-0.25, -0.2) is 0 Å². The van der Waals surface area contributed by atoms with E-state index in [-0.39, 0.29) is 6.10 Å². The number of likely N-dealkylation sites (tertiary alicyclic amines) is 2. The van der Waals surface area contributed by atoms with E-state index in [1.807, 2.05) is 18.2 Å². The number of carboxylic acids is 1. The molecule has 0 saturated carbocycles. The molecule has 8 heteroatoms. The van der Waals surface area contributed by atoms with Crippen LogP contribution in [-0.2, 0) is 11.2 Å². The van der Waals surface area contributed by atoms with Crippen molar-refractivity contribution in [3.63, 3.8) is 0 Å². The molecule has 4 rings (SSSR count). The van der Waals surface area contributed by atoms with Crippen molar-refractivity contribution in [3.8, 4) is 5.75 Å². The predicted molar refractivity (Wildman–Crippen MR) is 130 cm³/mol. The van der Waals surface area contributed by atoms with E-state index in [2.05, 4.69) is 14.8 Å². The number of hydrogen-bond donors (Lipinski definition) is 1. The molecule has 3 heterocycles. The van der Waals surface area contributed by atoms with Gasteiger partial charge in [0.2, 0.25) is 0 Å². The molecule has 0 spiro atoms. The number of carboxylic acid groups (broad SMARTS) is 1. The maximum absolute atomic E-state index is 11.9. The molecule has 2 aliphatic rings. The standard InChI is InChI=1S/C25H31Cl2N3O3/c26-22-2-1-21(16-23(22)27)33-20-7-11-29(12-8-20)17-19-5-13-30(14-6-19)24(25(31)32)15-18-3-9-28-10-4-18/h1-4,9-10,16,19-20,24H,5-8,11-15,17H2,(H,31,32). The van der Waals surface area contributed by atoms with Crippen LogP contribution in [0.3, 0.4) is 0 Å². The van der Waals surface area contributed by atoms with Crippen molar-refractivity contribution in [1.29, 1.82) is 0 Å². The first-order valence-corrected chi connectivity index (χ1v) is 12.4. The number of pyridine rings is 1. The Labute approximate surface area is 205 Å². The lowest BCUT2D eigenvalue weighted by molar-refractivity contribution is -0.144. The van der Waals surface area contributed by atoms with E-state index in [0.29, 0.717) is 22.4 Å². The molecular formula is C25H31Cl2N3O3. The van der Waals surface area contributed by atoms with Crippen LogP contribution < -0.4 is 4.74 Å². The van der Waals surface area contributed by atoms with Crippen molar-refractivity contribution in [2.45, 2.75) is 44.2 Å². The van der Waals surface area contributed by atoms with Gasteiger partial charge in [-0.15, -0.1) is 0 Å². The van der Waals surface area contributed by atoms with Crippen molar-refractivity contribution in [2.24, 2.45) is 5.92 Å². The molecule has 178 valence electrons. The first kappa shape index (κ1) is 24.3. The molecule has 2 fully saturated rings. The third kappa shape index (κ3) is 6.82. The molecule has 2 aromatic rings. The van der Waals surface area contributed by atoms with Crippen LogP contribution in [0.5, 0.6) is 5.75 Å². The first-order valence-electron chi connectivity index (χ1n) is 11.7. The normalized spacial score (nSPS) is 19.9. The second-order valence-electron chi connectivity index (χ2n) is 9.09. The van der Waals surface area contributed by atoms with Gasteiger partial charge in [-0.2, -0.15) is 0 Å². The third-order valence-electron chi connectivity index (χ3n) is 6.80. The lowest BCUT2D eigenvalue weighted by Gasteiger charge is -2.39. The summed E-state index contributed by atoms with van der Waals surface area (Å²) in [6, 6.07) is 8.75. The number of carbonyl (C=O) groups is 1. The van der Waals surface area contributed by atoms with Gasteiger partial charge in [0.15, 0.2) is 0 Å². The van der Waals surface area contributed by atoms with Gasteiger partial charge in [-0.05, 0) is 80.9 Å². The van der Waals surface area contributed by atoms with Crippen LogP contribution in [0.1, 0.15) is 31.2 Å². The summed E-state index contributed by atoms with van der Waals surface area (Å²) in [6.45, 7) is 4.79. The Bertz CT molecular complexity index is 914. The summed E-state index contributed by atoms with van der Waals surface area (Å²) in [5.74, 6) is 0.647. The van der Waals surface area contributed by atoms with Gasteiger partial charge in [-0.1, -0.05) is 23.2 Å². The third-order valence-corrected chi connectivity index (χ3v) is 7.54. The molecule has 1 aromatic heterocycles. The van der Waals surface area contributed by atoms with E-state index in [4.69, 9.17) is 27.9 Å². The van der Waals surface area contributed by atoms with E-state index in [1.54, 1.807) is 24.5 Å². The minimum atomic E-state index is -0.741. The van der Waals surface area contributed by atoms with E-state index in [1.165, 1.54) is 0 Å². The quantitative estimate of drug-likeness (QED) is 0.580. The summed E-state index contributed by atoms with van der Waals surface area (Å²) in [7, 11) is 0. The number of benzene rings is 1. The van der Waals surface area contributed by atoms with E-state index in [0.717, 1.165) is 69.7 Å². The molecule has 1 aromatic carbocycles. The van der Waals surface area contributed by atoms with Crippen LogP contribution in [0, 0.1) is 5.92 Å². The molecule has 1 atom stereocenters. The smallest absolute Gasteiger partial charge is 0.321 e. The number of hydrogen-bond acceptors (Lipinski definition) is 5. The zero-order chi connectivity index (χ0) is 23.2. The minimum Gasteiger partial charge on any atom is -0.490 e. The van der Waals surface area contributed by atoms with Crippen LogP contribution in [0.2, 0.25) is 10.0 Å². The number of halogens is 2. The van der Waals surface area contributed by atoms with Crippen LogP contribution in [0.4, 0.5) is 0 Å². The Kier molecular flexibility index (Phi) is 8.47. The molecule has 33 heavy (non-hydrogen) atoms. The van der Waals surface area contributed by atoms with Gasteiger partial charge in [0.25, 0.3) is 0 Å². The summed E-state index contributed by atoms with van der Waals surface area (Å²) in [6.07, 6.45) is 8.23. The molecule has 0 amide bonds. The average Bonchev–Trinajstić information content (AvgIpc) is 2.82. The predicted octanol–water partition coefficient (Wildman–Crippen LogP) is 4.64. The Morgan fingerprint density at radius 1 is 1.03 bits per heavy atom. The number of piperidine rings is 2. The molecular weight excluding hydrogens is 461 g/mol. The fourth-order valence-electron chi connectivity index (χ4n) is 4.88. The zero-order valence-corrected chi connectivity index (χ0v) is 20.2. The molecule has 0 aliphatic carbocycles. The number of ether oxygens (including phenoxy) is 1. The van der Waals surface area contributed by atoms with Gasteiger partial charge in [0.1, 0.15) is 17.9 Å². The van der Waals surface area contributed by atoms with Crippen molar-refractivity contribution in [3.05, 3.63) is 58.3 Å². The average molecular weight is 492 g/mol. The van der Waals surface area contributed by atoms with E-state index >= 15 is 0 Å². The molecule has 2 saturated heterocycles. The highest BCUT2D eigenvalue weighted by atomic mass is 35.5. The first-order chi connectivity index (χ1) is 16.0. The molecule has 2 aliphatic heterocycles. The summed E-state index contributed by atoms with van der Waals surface area (Å²) in [5.41, 5.74) is 1.02. The molecule has 6 nitrogen and oxygen atoms in total. The summed E-state index contributed by atoms with van der Waals surface area (Å²) >= 11 is 12.1. The van der Waals surface area contributed by atoms with Gasteiger partial charge in [-0.3, -0.25) is 14.7 Å². The Balaban J connectivity index is 1.20. The Hall–Kier alpha value is -1.86. The highest BCUT2D eigenvalue weighted by Crippen LogP contribution is 2.29. The number of aromatic nitrogens is 1. The number of aliphatic carboxylic acids is 1.